The fourth-order valence-corrected chi connectivity index (χ4v) is 2.13. The van der Waals surface area contributed by atoms with E-state index in [1.807, 2.05) is 30.8 Å². The molecule has 0 aliphatic carbocycles. The van der Waals surface area contributed by atoms with Gasteiger partial charge < -0.3 is 10.3 Å². The molecule has 0 aliphatic heterocycles. The summed E-state index contributed by atoms with van der Waals surface area (Å²) in [7, 11) is 0. The van der Waals surface area contributed by atoms with E-state index < -0.39 is 0 Å². The van der Waals surface area contributed by atoms with Gasteiger partial charge in [0.05, 0.1) is 11.0 Å². The van der Waals surface area contributed by atoms with Crippen LogP contribution in [-0.4, -0.2) is 21.1 Å². The molecule has 0 aliphatic rings. The third-order valence-electron chi connectivity index (χ3n) is 2.81. The van der Waals surface area contributed by atoms with Crippen LogP contribution in [0.25, 0.3) is 11.0 Å². The number of aryl methyl sites for hydroxylation is 1. The van der Waals surface area contributed by atoms with Crippen molar-refractivity contribution in [1.82, 2.24) is 9.55 Å². The lowest BCUT2D eigenvalue weighted by molar-refractivity contribution is 0.689. The zero-order valence-electron chi connectivity index (χ0n) is 9.90. The maximum absolute atomic E-state index is 5.76. The zero-order valence-corrected chi connectivity index (χ0v) is 10.7. The topological polar surface area (TPSA) is 43.8 Å². The lowest BCUT2D eigenvalue weighted by atomic mass is 10.3. The molecule has 4 heteroatoms. The van der Waals surface area contributed by atoms with Crippen LogP contribution in [0.4, 0.5) is 5.69 Å². The monoisotopic (exact) mass is 235 g/mol. The Labute approximate surface area is 100 Å². The summed E-state index contributed by atoms with van der Waals surface area (Å²) in [5, 5.41) is 0.591. The smallest absolute Gasteiger partial charge is 0.106 e. The highest BCUT2D eigenvalue weighted by Crippen LogP contribution is 2.20. The Balaban J connectivity index is 2.47. The van der Waals surface area contributed by atoms with Crippen molar-refractivity contribution in [3.8, 4) is 0 Å². The number of hydrogen-bond donors (Lipinski definition) is 1. The summed E-state index contributed by atoms with van der Waals surface area (Å²) in [4.78, 5) is 4.53. The van der Waals surface area contributed by atoms with Crippen molar-refractivity contribution < 1.29 is 0 Å². The quantitative estimate of drug-likeness (QED) is 0.832. The van der Waals surface area contributed by atoms with Gasteiger partial charge in [-0.2, -0.15) is 11.8 Å². The largest absolute Gasteiger partial charge is 0.399 e. The third-order valence-corrected chi connectivity index (χ3v) is 3.76. The van der Waals surface area contributed by atoms with Crippen LogP contribution in [0.5, 0.6) is 0 Å². The Bertz CT molecular complexity index is 504. The van der Waals surface area contributed by atoms with Crippen LogP contribution >= 0.6 is 11.8 Å². The van der Waals surface area contributed by atoms with E-state index in [2.05, 4.69) is 28.8 Å². The molecule has 2 N–H and O–H groups in total. The predicted molar refractivity (Wildman–Crippen MR) is 71.9 cm³/mol. The van der Waals surface area contributed by atoms with E-state index in [0.717, 1.165) is 23.6 Å². The van der Waals surface area contributed by atoms with Crippen LogP contribution in [0.3, 0.4) is 0 Å². The molecule has 16 heavy (non-hydrogen) atoms. The molecule has 0 bridgehead atoms. The molecule has 86 valence electrons. The second kappa shape index (κ2) is 4.37. The van der Waals surface area contributed by atoms with Gasteiger partial charge in [0.25, 0.3) is 0 Å². The van der Waals surface area contributed by atoms with Gasteiger partial charge in [0.1, 0.15) is 5.82 Å². The highest BCUT2D eigenvalue weighted by Gasteiger charge is 2.09. The molecule has 0 amide bonds. The number of nitrogen functional groups attached to an aromatic ring is 1. The van der Waals surface area contributed by atoms with Crippen molar-refractivity contribution >= 4 is 28.5 Å². The lowest BCUT2D eigenvalue weighted by Crippen LogP contribution is -2.10. The standard InChI is InChI=1S/C12H17N3S/c1-8(16-3)7-15-9(2)14-11-6-10(13)4-5-12(11)15/h4-6,8H,7,13H2,1-3H3. The second-order valence-electron chi connectivity index (χ2n) is 4.06. The SMILES string of the molecule is CSC(C)Cn1c(C)nc2cc(N)ccc21. The van der Waals surface area contributed by atoms with Gasteiger partial charge in [0.15, 0.2) is 0 Å². The first-order chi connectivity index (χ1) is 7.61. The number of benzene rings is 1. The van der Waals surface area contributed by atoms with Crippen molar-refractivity contribution in [3.05, 3.63) is 24.0 Å². The van der Waals surface area contributed by atoms with E-state index in [9.17, 15) is 0 Å². The molecule has 0 spiro atoms. The molecule has 1 heterocycles. The highest BCUT2D eigenvalue weighted by atomic mass is 32.2. The van der Waals surface area contributed by atoms with Gasteiger partial charge in [-0.3, -0.25) is 0 Å². The zero-order chi connectivity index (χ0) is 11.7. The molecule has 0 fully saturated rings. The Morgan fingerprint density at radius 1 is 1.50 bits per heavy atom. The van der Waals surface area contributed by atoms with E-state index in [1.165, 1.54) is 5.52 Å². The summed E-state index contributed by atoms with van der Waals surface area (Å²) in [6, 6.07) is 5.92. The molecule has 3 nitrogen and oxygen atoms in total. The van der Waals surface area contributed by atoms with E-state index >= 15 is 0 Å². The van der Waals surface area contributed by atoms with Gasteiger partial charge in [-0.25, -0.2) is 4.98 Å². The van der Waals surface area contributed by atoms with Crippen LogP contribution in [-0.2, 0) is 6.54 Å². The molecule has 1 aromatic heterocycles. The Morgan fingerprint density at radius 2 is 2.25 bits per heavy atom. The maximum atomic E-state index is 5.76. The van der Waals surface area contributed by atoms with E-state index in [1.54, 1.807) is 0 Å². The summed E-state index contributed by atoms with van der Waals surface area (Å²) >= 11 is 1.87. The first-order valence-electron chi connectivity index (χ1n) is 5.37. The molecule has 2 aromatic rings. The first kappa shape index (κ1) is 11.3. The number of hydrogen-bond acceptors (Lipinski definition) is 3. The summed E-state index contributed by atoms with van der Waals surface area (Å²) in [5.74, 6) is 1.06. The van der Waals surface area contributed by atoms with Crippen LogP contribution in [0, 0.1) is 6.92 Å². The van der Waals surface area contributed by atoms with Crippen LogP contribution in [0.2, 0.25) is 0 Å². The van der Waals surface area contributed by atoms with Crippen LogP contribution in [0.15, 0.2) is 18.2 Å². The van der Waals surface area contributed by atoms with Crippen molar-refractivity contribution in [3.63, 3.8) is 0 Å². The highest BCUT2D eigenvalue weighted by molar-refractivity contribution is 7.99. The summed E-state index contributed by atoms with van der Waals surface area (Å²) in [5.41, 5.74) is 8.70. The second-order valence-corrected chi connectivity index (χ2v) is 5.34. The maximum Gasteiger partial charge on any atom is 0.106 e. The lowest BCUT2D eigenvalue weighted by Gasteiger charge is -2.11. The van der Waals surface area contributed by atoms with Crippen molar-refractivity contribution in [1.29, 1.82) is 0 Å². The number of fused-ring (bicyclic) bond motifs is 1. The molecule has 1 unspecified atom stereocenters. The van der Waals surface area contributed by atoms with Gasteiger partial charge in [-0.05, 0) is 31.4 Å². The Kier molecular flexibility index (Phi) is 3.10. The average Bonchev–Trinajstić information content (AvgIpc) is 2.54. The van der Waals surface area contributed by atoms with E-state index in [4.69, 9.17) is 5.73 Å². The molecule has 1 atom stereocenters. The minimum Gasteiger partial charge on any atom is -0.399 e. The van der Waals surface area contributed by atoms with Gasteiger partial charge in [0.2, 0.25) is 0 Å². The Morgan fingerprint density at radius 3 is 2.94 bits per heavy atom. The number of thioether (sulfide) groups is 1. The minimum atomic E-state index is 0.591. The molecule has 0 saturated carbocycles. The van der Waals surface area contributed by atoms with Crippen LogP contribution in [0.1, 0.15) is 12.7 Å². The number of nitrogens with zero attached hydrogens (tertiary/aromatic N) is 2. The number of anilines is 1. The number of aromatic nitrogens is 2. The molecule has 2 rings (SSSR count). The van der Waals surface area contributed by atoms with Gasteiger partial charge in [-0.15, -0.1) is 0 Å². The molecule has 0 radical (unpaired) electrons. The molecular weight excluding hydrogens is 218 g/mol. The van der Waals surface area contributed by atoms with E-state index in [-0.39, 0.29) is 0 Å². The number of rotatable bonds is 3. The molecular formula is C12H17N3S. The molecule has 1 aromatic carbocycles. The van der Waals surface area contributed by atoms with Gasteiger partial charge in [0, 0.05) is 17.5 Å². The fourth-order valence-electron chi connectivity index (χ4n) is 1.83. The van der Waals surface area contributed by atoms with Crippen molar-refractivity contribution in [2.24, 2.45) is 0 Å². The fraction of sp³-hybridized carbons (Fsp3) is 0.417. The minimum absolute atomic E-state index is 0.591. The summed E-state index contributed by atoms with van der Waals surface area (Å²) in [6.45, 7) is 5.27. The van der Waals surface area contributed by atoms with Crippen molar-refractivity contribution in [2.45, 2.75) is 25.6 Å². The van der Waals surface area contributed by atoms with Gasteiger partial charge >= 0.3 is 0 Å². The number of nitrogens with two attached hydrogens (primary N) is 1. The summed E-state index contributed by atoms with van der Waals surface area (Å²) < 4.78 is 2.26. The third kappa shape index (κ3) is 2.02. The van der Waals surface area contributed by atoms with Gasteiger partial charge in [-0.1, -0.05) is 6.92 Å². The Hall–Kier alpha value is -1.16. The van der Waals surface area contributed by atoms with Crippen molar-refractivity contribution in [2.75, 3.05) is 12.0 Å². The normalized spacial score (nSPS) is 13.2. The predicted octanol–water partition coefficient (Wildman–Crippen LogP) is 2.68. The number of imidazole rings is 1. The first-order valence-corrected chi connectivity index (χ1v) is 6.65. The summed E-state index contributed by atoms with van der Waals surface area (Å²) in [6.07, 6.45) is 2.14. The molecule has 0 saturated heterocycles. The average molecular weight is 235 g/mol. The van der Waals surface area contributed by atoms with Crippen LogP contribution < -0.4 is 5.73 Å². The van der Waals surface area contributed by atoms with E-state index in [0.29, 0.717) is 5.25 Å².